The monoisotopic (exact) mass is 336 g/mol. The van der Waals surface area contributed by atoms with Crippen molar-refractivity contribution in [3.63, 3.8) is 0 Å². The smallest absolute Gasteiger partial charge is 0.253 e. The van der Waals surface area contributed by atoms with E-state index in [-0.39, 0.29) is 36.6 Å². The van der Waals surface area contributed by atoms with Crippen molar-refractivity contribution in [1.82, 2.24) is 9.97 Å². The molecule has 0 fully saturated rings. The SMILES string of the molecule is Nc1nc(OCc2ccccc2)c(N=O)c(OCc2ccccc2)n1. The Hall–Kier alpha value is -3.48. The van der Waals surface area contributed by atoms with Gasteiger partial charge in [-0.1, -0.05) is 60.7 Å². The number of nitrogens with two attached hydrogens (primary N) is 1. The summed E-state index contributed by atoms with van der Waals surface area (Å²) >= 11 is 0. The van der Waals surface area contributed by atoms with E-state index >= 15 is 0 Å². The third kappa shape index (κ3) is 4.29. The first-order valence-corrected chi connectivity index (χ1v) is 7.60. The van der Waals surface area contributed by atoms with Gasteiger partial charge in [0.2, 0.25) is 11.6 Å². The standard InChI is InChI=1S/C18H16N4O3/c19-18-20-16(24-11-13-7-3-1-4-8-13)15(22-23)17(21-18)25-12-14-9-5-2-6-10-14/h1-10H,11-12H2,(H2,19,20,21). The minimum atomic E-state index is -0.110. The first-order valence-electron chi connectivity index (χ1n) is 7.60. The first-order chi connectivity index (χ1) is 12.3. The van der Waals surface area contributed by atoms with E-state index in [0.717, 1.165) is 11.1 Å². The molecule has 0 spiro atoms. The van der Waals surface area contributed by atoms with Crippen LogP contribution in [0.1, 0.15) is 11.1 Å². The lowest BCUT2D eigenvalue weighted by Crippen LogP contribution is -2.05. The van der Waals surface area contributed by atoms with Gasteiger partial charge in [0.05, 0.1) is 0 Å². The molecule has 0 saturated carbocycles. The summed E-state index contributed by atoms with van der Waals surface area (Å²) < 4.78 is 11.2. The van der Waals surface area contributed by atoms with Gasteiger partial charge in [0, 0.05) is 0 Å². The average molecular weight is 336 g/mol. The van der Waals surface area contributed by atoms with Crippen LogP contribution < -0.4 is 15.2 Å². The predicted octanol–water partition coefficient (Wildman–Crippen LogP) is 3.61. The molecule has 3 rings (SSSR count). The van der Waals surface area contributed by atoms with Crippen LogP contribution in [0.5, 0.6) is 11.8 Å². The number of nitrogen functional groups attached to an aromatic ring is 1. The molecule has 0 unspecified atom stereocenters. The fourth-order valence-corrected chi connectivity index (χ4v) is 2.16. The molecular weight excluding hydrogens is 320 g/mol. The van der Waals surface area contributed by atoms with Crippen LogP contribution in [0.25, 0.3) is 0 Å². The van der Waals surface area contributed by atoms with Crippen LogP contribution in [0.4, 0.5) is 11.6 Å². The molecule has 0 bridgehead atoms. The van der Waals surface area contributed by atoms with E-state index in [4.69, 9.17) is 15.2 Å². The molecule has 1 heterocycles. The zero-order valence-electron chi connectivity index (χ0n) is 13.3. The van der Waals surface area contributed by atoms with Crippen LogP contribution in [0, 0.1) is 4.91 Å². The van der Waals surface area contributed by atoms with Gasteiger partial charge in [-0.15, -0.1) is 4.91 Å². The summed E-state index contributed by atoms with van der Waals surface area (Å²) in [5.41, 5.74) is 7.42. The van der Waals surface area contributed by atoms with Gasteiger partial charge < -0.3 is 15.2 Å². The lowest BCUT2D eigenvalue weighted by Gasteiger charge is -2.11. The maximum absolute atomic E-state index is 11.3. The second kappa shape index (κ2) is 7.87. The van der Waals surface area contributed by atoms with Gasteiger partial charge in [0.1, 0.15) is 13.2 Å². The van der Waals surface area contributed by atoms with Crippen molar-refractivity contribution >= 4 is 11.6 Å². The van der Waals surface area contributed by atoms with E-state index in [9.17, 15) is 4.91 Å². The number of hydrogen-bond acceptors (Lipinski definition) is 7. The number of aromatic nitrogens is 2. The van der Waals surface area contributed by atoms with Crippen molar-refractivity contribution in [1.29, 1.82) is 0 Å². The van der Waals surface area contributed by atoms with Crippen LogP contribution in [0.3, 0.4) is 0 Å². The number of anilines is 1. The second-order valence-corrected chi connectivity index (χ2v) is 5.18. The number of rotatable bonds is 7. The van der Waals surface area contributed by atoms with Crippen LogP contribution in [0.15, 0.2) is 65.8 Å². The fourth-order valence-electron chi connectivity index (χ4n) is 2.16. The van der Waals surface area contributed by atoms with Crippen molar-refractivity contribution in [2.75, 3.05) is 5.73 Å². The normalized spacial score (nSPS) is 10.2. The largest absolute Gasteiger partial charge is 0.471 e. The Bertz CT molecular complexity index is 777. The van der Waals surface area contributed by atoms with E-state index in [1.807, 2.05) is 60.7 Å². The zero-order chi connectivity index (χ0) is 17.5. The van der Waals surface area contributed by atoms with Crippen LogP contribution in [-0.2, 0) is 13.2 Å². The summed E-state index contributed by atoms with van der Waals surface area (Å²) in [5, 5.41) is 2.96. The molecule has 0 radical (unpaired) electrons. The molecule has 0 aliphatic heterocycles. The molecule has 0 atom stereocenters. The Morgan fingerprint density at radius 2 is 1.24 bits per heavy atom. The quantitative estimate of drug-likeness (QED) is 0.662. The van der Waals surface area contributed by atoms with Gasteiger partial charge >= 0.3 is 0 Å². The van der Waals surface area contributed by atoms with E-state index in [0.29, 0.717) is 0 Å². The third-order valence-electron chi connectivity index (χ3n) is 3.37. The summed E-state index contributed by atoms with van der Waals surface area (Å²) in [6.07, 6.45) is 0. The van der Waals surface area contributed by atoms with Gasteiger partial charge in [-0.05, 0) is 16.3 Å². The number of benzene rings is 2. The van der Waals surface area contributed by atoms with Crippen molar-refractivity contribution in [3.8, 4) is 11.8 Å². The van der Waals surface area contributed by atoms with Gasteiger partial charge in [-0.25, -0.2) is 0 Å². The molecule has 126 valence electrons. The van der Waals surface area contributed by atoms with Crippen molar-refractivity contribution in [2.24, 2.45) is 5.18 Å². The van der Waals surface area contributed by atoms with E-state index in [1.54, 1.807) is 0 Å². The molecule has 0 amide bonds. The van der Waals surface area contributed by atoms with Gasteiger partial charge in [-0.2, -0.15) is 9.97 Å². The van der Waals surface area contributed by atoms with Gasteiger partial charge in [-0.3, -0.25) is 0 Å². The Labute approximate surface area is 144 Å². The maximum atomic E-state index is 11.3. The lowest BCUT2D eigenvalue weighted by molar-refractivity contribution is 0.277. The molecule has 2 aromatic carbocycles. The van der Waals surface area contributed by atoms with Crippen LogP contribution in [0.2, 0.25) is 0 Å². The molecule has 7 nitrogen and oxygen atoms in total. The van der Waals surface area contributed by atoms with Crippen LogP contribution >= 0.6 is 0 Å². The topological polar surface area (TPSA) is 99.7 Å². The van der Waals surface area contributed by atoms with Gasteiger partial charge in [0.25, 0.3) is 11.8 Å². The lowest BCUT2D eigenvalue weighted by atomic mass is 10.2. The van der Waals surface area contributed by atoms with Gasteiger partial charge in [0.15, 0.2) is 0 Å². The molecule has 0 aliphatic carbocycles. The first kappa shape index (κ1) is 16.4. The highest BCUT2D eigenvalue weighted by Gasteiger charge is 2.18. The minimum absolute atomic E-state index is 0.00517. The molecule has 1 aromatic heterocycles. The number of hydrogen-bond donors (Lipinski definition) is 1. The Morgan fingerprint density at radius 3 is 1.64 bits per heavy atom. The van der Waals surface area contributed by atoms with Crippen LogP contribution in [-0.4, -0.2) is 9.97 Å². The average Bonchev–Trinajstić information content (AvgIpc) is 2.66. The Balaban J connectivity index is 1.78. The van der Waals surface area contributed by atoms with E-state index in [2.05, 4.69) is 15.1 Å². The Morgan fingerprint density at radius 1 is 0.800 bits per heavy atom. The van der Waals surface area contributed by atoms with E-state index in [1.165, 1.54) is 0 Å². The highest BCUT2D eigenvalue weighted by Crippen LogP contribution is 2.35. The number of ether oxygens (including phenoxy) is 2. The Kier molecular flexibility index (Phi) is 5.16. The molecule has 7 heteroatoms. The molecular formula is C18H16N4O3. The summed E-state index contributed by atoms with van der Waals surface area (Å²) in [4.78, 5) is 19.1. The van der Waals surface area contributed by atoms with E-state index < -0.39 is 0 Å². The molecule has 0 aliphatic rings. The second-order valence-electron chi connectivity index (χ2n) is 5.18. The number of nitroso groups, excluding NO2 is 1. The maximum Gasteiger partial charge on any atom is 0.253 e. The van der Waals surface area contributed by atoms with Crippen molar-refractivity contribution < 1.29 is 9.47 Å². The highest BCUT2D eigenvalue weighted by molar-refractivity contribution is 5.57. The van der Waals surface area contributed by atoms with Crippen molar-refractivity contribution in [3.05, 3.63) is 76.7 Å². The highest BCUT2D eigenvalue weighted by atomic mass is 16.5. The molecule has 2 N–H and O–H groups in total. The molecule has 25 heavy (non-hydrogen) atoms. The third-order valence-corrected chi connectivity index (χ3v) is 3.37. The summed E-state index contributed by atoms with van der Waals surface area (Å²) in [6, 6.07) is 18.9. The summed E-state index contributed by atoms with van der Waals surface area (Å²) in [7, 11) is 0. The summed E-state index contributed by atoms with van der Waals surface area (Å²) in [6.45, 7) is 0.440. The van der Waals surface area contributed by atoms with Crippen molar-refractivity contribution in [2.45, 2.75) is 13.2 Å². The summed E-state index contributed by atoms with van der Waals surface area (Å²) in [5.74, 6) is -0.0673. The minimum Gasteiger partial charge on any atom is -0.471 e. The number of nitrogens with zero attached hydrogens (tertiary/aromatic N) is 3. The molecule has 3 aromatic rings. The zero-order valence-corrected chi connectivity index (χ0v) is 13.3. The fraction of sp³-hybridized carbons (Fsp3) is 0.111. The molecule has 0 saturated heterocycles. The predicted molar refractivity (Wildman–Crippen MR) is 93.4 cm³/mol.